The first-order chi connectivity index (χ1) is 9.87. The first kappa shape index (κ1) is 14.2. The molecule has 0 saturated carbocycles. The number of benzene rings is 1. The number of nitrogens with one attached hydrogen (secondary N) is 1. The van der Waals surface area contributed by atoms with Gasteiger partial charge in [0.1, 0.15) is 0 Å². The minimum Gasteiger partial charge on any atom is -0.351 e. The van der Waals surface area contributed by atoms with Crippen molar-refractivity contribution in [2.24, 2.45) is 5.41 Å². The van der Waals surface area contributed by atoms with Crippen LogP contribution in [0.15, 0.2) is 30.3 Å². The van der Waals surface area contributed by atoms with Crippen LogP contribution in [-0.4, -0.2) is 17.0 Å². The van der Waals surface area contributed by atoms with Gasteiger partial charge in [0.15, 0.2) is 0 Å². The third-order valence-electron chi connectivity index (χ3n) is 3.97. The maximum absolute atomic E-state index is 12.3. The lowest BCUT2D eigenvalue weighted by Gasteiger charge is -2.23. The Kier molecular flexibility index (Phi) is 3.33. The number of halogens is 1. The van der Waals surface area contributed by atoms with E-state index in [-0.39, 0.29) is 11.3 Å². The molecule has 2 heterocycles. The summed E-state index contributed by atoms with van der Waals surface area (Å²) < 4.78 is 2.15. The Hall–Kier alpha value is -1.74. The van der Waals surface area contributed by atoms with E-state index in [0.717, 1.165) is 29.1 Å². The third-order valence-corrected chi connectivity index (χ3v) is 4.21. The molecule has 0 fully saturated rings. The van der Waals surface area contributed by atoms with E-state index in [1.54, 1.807) is 0 Å². The van der Waals surface area contributed by atoms with Crippen molar-refractivity contribution in [3.05, 3.63) is 52.3 Å². The fourth-order valence-corrected chi connectivity index (χ4v) is 3.15. The maximum Gasteiger partial charge on any atom is 0.253 e. The molecular weight excluding hydrogens is 284 g/mol. The molecule has 3 rings (SSSR count). The Balaban J connectivity index is 2.21. The molecule has 1 aromatic carbocycles. The van der Waals surface area contributed by atoms with Gasteiger partial charge in [0.05, 0.1) is 5.56 Å². The zero-order valence-electron chi connectivity index (χ0n) is 12.5. The normalized spacial score (nSPS) is 17.0. The van der Waals surface area contributed by atoms with E-state index in [2.05, 4.69) is 23.7 Å². The predicted octanol–water partition coefficient (Wildman–Crippen LogP) is 3.75. The fourth-order valence-electron chi connectivity index (χ4n) is 2.97. The first-order valence-corrected chi connectivity index (χ1v) is 7.50. The second-order valence-corrected chi connectivity index (χ2v) is 6.92. The zero-order chi connectivity index (χ0) is 15.2. The van der Waals surface area contributed by atoms with Gasteiger partial charge >= 0.3 is 0 Å². The van der Waals surface area contributed by atoms with Gasteiger partial charge in [-0.25, -0.2) is 0 Å². The molecule has 0 aliphatic carbocycles. The molecule has 1 aliphatic rings. The van der Waals surface area contributed by atoms with Crippen molar-refractivity contribution in [1.82, 2.24) is 9.88 Å². The van der Waals surface area contributed by atoms with Gasteiger partial charge in [-0.3, -0.25) is 4.79 Å². The van der Waals surface area contributed by atoms with Crippen LogP contribution in [0.2, 0.25) is 5.02 Å². The van der Waals surface area contributed by atoms with E-state index in [1.807, 2.05) is 37.3 Å². The summed E-state index contributed by atoms with van der Waals surface area (Å²) in [5.74, 6) is 0.0134. The van der Waals surface area contributed by atoms with Crippen molar-refractivity contribution in [3.63, 3.8) is 0 Å². The standard InChI is InChI=1S/C17H19ClN2O/c1-11-7-14-15(9-17(2,3)10-19-16(14)21)20(11)13-6-4-5-12(18)8-13/h4-8H,9-10H2,1-3H3,(H,19,21). The Labute approximate surface area is 129 Å². The van der Waals surface area contributed by atoms with E-state index in [9.17, 15) is 4.79 Å². The monoisotopic (exact) mass is 302 g/mol. The van der Waals surface area contributed by atoms with Crippen LogP contribution in [0.1, 0.15) is 35.6 Å². The minimum atomic E-state index is 0.0134. The lowest BCUT2D eigenvalue weighted by atomic mass is 9.88. The number of hydrogen-bond acceptors (Lipinski definition) is 1. The van der Waals surface area contributed by atoms with Gasteiger partial charge in [-0.1, -0.05) is 31.5 Å². The molecule has 1 aliphatic heterocycles. The number of carbonyl (C=O) groups is 1. The molecule has 110 valence electrons. The van der Waals surface area contributed by atoms with Gasteiger partial charge in [-0.2, -0.15) is 0 Å². The van der Waals surface area contributed by atoms with Gasteiger partial charge in [0, 0.05) is 28.6 Å². The van der Waals surface area contributed by atoms with Crippen LogP contribution < -0.4 is 5.32 Å². The number of carbonyl (C=O) groups excluding carboxylic acids is 1. The van der Waals surface area contributed by atoms with Gasteiger partial charge in [-0.15, -0.1) is 0 Å². The minimum absolute atomic E-state index is 0.0134. The second kappa shape index (κ2) is 4.92. The fraction of sp³-hybridized carbons (Fsp3) is 0.353. The van der Waals surface area contributed by atoms with Crippen LogP contribution in [0, 0.1) is 12.3 Å². The number of fused-ring (bicyclic) bond motifs is 1. The van der Waals surface area contributed by atoms with Crippen molar-refractivity contribution >= 4 is 17.5 Å². The highest BCUT2D eigenvalue weighted by Crippen LogP contribution is 2.31. The highest BCUT2D eigenvalue weighted by molar-refractivity contribution is 6.30. The predicted molar refractivity (Wildman–Crippen MR) is 85.3 cm³/mol. The lowest BCUT2D eigenvalue weighted by Crippen LogP contribution is -2.31. The quantitative estimate of drug-likeness (QED) is 0.855. The summed E-state index contributed by atoms with van der Waals surface area (Å²) in [7, 11) is 0. The molecule has 1 N–H and O–H groups in total. The molecule has 0 atom stereocenters. The molecule has 3 nitrogen and oxygen atoms in total. The van der Waals surface area contributed by atoms with Gasteiger partial charge in [-0.05, 0) is 43.0 Å². The van der Waals surface area contributed by atoms with Crippen LogP contribution in [0.4, 0.5) is 0 Å². The van der Waals surface area contributed by atoms with Gasteiger partial charge in [0.2, 0.25) is 0 Å². The zero-order valence-corrected chi connectivity index (χ0v) is 13.3. The summed E-state index contributed by atoms with van der Waals surface area (Å²) in [4.78, 5) is 12.3. The highest BCUT2D eigenvalue weighted by atomic mass is 35.5. The van der Waals surface area contributed by atoms with E-state index in [1.165, 1.54) is 0 Å². The van der Waals surface area contributed by atoms with Crippen molar-refractivity contribution in [2.75, 3.05) is 6.54 Å². The molecule has 1 amide bonds. The number of amides is 1. The van der Waals surface area contributed by atoms with E-state index in [0.29, 0.717) is 11.6 Å². The van der Waals surface area contributed by atoms with Gasteiger partial charge in [0.25, 0.3) is 5.91 Å². The average Bonchev–Trinajstić information content (AvgIpc) is 2.67. The first-order valence-electron chi connectivity index (χ1n) is 7.13. The number of hydrogen-bond donors (Lipinski definition) is 1. The van der Waals surface area contributed by atoms with Crippen molar-refractivity contribution in [1.29, 1.82) is 0 Å². The van der Waals surface area contributed by atoms with Crippen LogP contribution in [0.25, 0.3) is 5.69 Å². The van der Waals surface area contributed by atoms with E-state index < -0.39 is 0 Å². The largest absolute Gasteiger partial charge is 0.351 e. The molecule has 2 aromatic rings. The topological polar surface area (TPSA) is 34.0 Å². The summed E-state index contributed by atoms with van der Waals surface area (Å²) in [6.07, 6.45) is 0.849. The Bertz CT molecular complexity index is 716. The number of aryl methyl sites for hydroxylation is 1. The summed E-state index contributed by atoms with van der Waals surface area (Å²) in [5.41, 5.74) is 3.93. The Morgan fingerprint density at radius 2 is 2.05 bits per heavy atom. The maximum atomic E-state index is 12.3. The van der Waals surface area contributed by atoms with Crippen LogP contribution >= 0.6 is 11.6 Å². The van der Waals surface area contributed by atoms with Crippen molar-refractivity contribution in [2.45, 2.75) is 27.2 Å². The molecule has 4 heteroatoms. The molecule has 0 unspecified atom stereocenters. The SMILES string of the molecule is Cc1cc2c(n1-c1cccc(Cl)c1)CC(C)(C)CNC2=O. The smallest absolute Gasteiger partial charge is 0.253 e. The average molecular weight is 303 g/mol. The molecule has 21 heavy (non-hydrogen) atoms. The van der Waals surface area contributed by atoms with E-state index in [4.69, 9.17) is 11.6 Å². The molecular formula is C17H19ClN2O. The molecule has 0 bridgehead atoms. The Morgan fingerprint density at radius 3 is 2.76 bits per heavy atom. The van der Waals surface area contributed by atoms with Crippen LogP contribution in [0.3, 0.4) is 0 Å². The second-order valence-electron chi connectivity index (χ2n) is 6.49. The molecule has 0 radical (unpaired) electrons. The van der Waals surface area contributed by atoms with E-state index >= 15 is 0 Å². The highest BCUT2D eigenvalue weighted by Gasteiger charge is 2.30. The summed E-state index contributed by atoms with van der Waals surface area (Å²) in [5, 5.41) is 3.72. The summed E-state index contributed by atoms with van der Waals surface area (Å²) in [6.45, 7) is 7.06. The van der Waals surface area contributed by atoms with Gasteiger partial charge < -0.3 is 9.88 Å². The van der Waals surface area contributed by atoms with Crippen LogP contribution in [0.5, 0.6) is 0 Å². The summed E-state index contributed by atoms with van der Waals surface area (Å²) in [6, 6.07) is 9.72. The number of aromatic nitrogens is 1. The lowest BCUT2D eigenvalue weighted by molar-refractivity contribution is 0.0945. The summed E-state index contributed by atoms with van der Waals surface area (Å²) >= 11 is 6.12. The van der Waals surface area contributed by atoms with Crippen LogP contribution in [-0.2, 0) is 6.42 Å². The molecule has 1 aromatic heterocycles. The molecule has 0 spiro atoms. The molecule has 0 saturated heterocycles. The van der Waals surface area contributed by atoms with Crippen molar-refractivity contribution in [3.8, 4) is 5.69 Å². The Morgan fingerprint density at radius 1 is 1.29 bits per heavy atom. The third kappa shape index (κ3) is 2.58. The number of rotatable bonds is 1. The van der Waals surface area contributed by atoms with Crippen molar-refractivity contribution < 1.29 is 4.79 Å². The number of nitrogens with zero attached hydrogens (tertiary/aromatic N) is 1.